The van der Waals surface area contributed by atoms with E-state index in [2.05, 4.69) is 10.6 Å². The van der Waals surface area contributed by atoms with Crippen molar-refractivity contribution in [1.29, 1.82) is 0 Å². The van der Waals surface area contributed by atoms with Crippen molar-refractivity contribution in [2.45, 2.75) is 13.3 Å². The average Bonchev–Trinajstić information content (AvgIpc) is 2.35. The third-order valence-electron chi connectivity index (χ3n) is 2.36. The standard InChI is InChI=1S/C13H18N2O2S/c1-10(16)11-4-6-12(7-5-11)15-13(18)14-8-3-9-17-2/h4-7H,3,8-9H2,1-2H3,(H2,14,15,18). The molecule has 0 saturated heterocycles. The highest BCUT2D eigenvalue weighted by molar-refractivity contribution is 7.80. The molecule has 0 saturated carbocycles. The number of rotatable bonds is 6. The van der Waals surface area contributed by atoms with Crippen LogP contribution >= 0.6 is 12.2 Å². The fourth-order valence-electron chi connectivity index (χ4n) is 1.38. The topological polar surface area (TPSA) is 50.4 Å². The quantitative estimate of drug-likeness (QED) is 0.470. The first-order valence-electron chi connectivity index (χ1n) is 5.78. The van der Waals surface area contributed by atoms with Gasteiger partial charge in [-0.25, -0.2) is 0 Å². The lowest BCUT2D eigenvalue weighted by Gasteiger charge is -2.10. The predicted octanol–water partition coefficient (Wildman–Crippen LogP) is 2.21. The summed E-state index contributed by atoms with van der Waals surface area (Å²) in [6.45, 7) is 3.03. The second-order valence-electron chi connectivity index (χ2n) is 3.86. The van der Waals surface area contributed by atoms with Crippen LogP contribution in [0.15, 0.2) is 24.3 Å². The maximum Gasteiger partial charge on any atom is 0.170 e. The summed E-state index contributed by atoms with van der Waals surface area (Å²) in [6, 6.07) is 7.22. The normalized spacial score (nSPS) is 9.89. The highest BCUT2D eigenvalue weighted by Crippen LogP contribution is 2.09. The van der Waals surface area contributed by atoms with Crippen LogP contribution < -0.4 is 10.6 Å². The zero-order valence-corrected chi connectivity index (χ0v) is 11.5. The van der Waals surface area contributed by atoms with Gasteiger partial charge in [0.2, 0.25) is 0 Å². The van der Waals surface area contributed by atoms with Gasteiger partial charge in [-0.3, -0.25) is 4.79 Å². The molecule has 0 radical (unpaired) electrons. The van der Waals surface area contributed by atoms with Gasteiger partial charge in [0.05, 0.1) is 0 Å². The van der Waals surface area contributed by atoms with Crippen molar-refractivity contribution < 1.29 is 9.53 Å². The number of ketones is 1. The highest BCUT2D eigenvalue weighted by atomic mass is 32.1. The van der Waals surface area contributed by atoms with Crippen molar-refractivity contribution in [2.24, 2.45) is 0 Å². The summed E-state index contributed by atoms with van der Waals surface area (Å²) >= 11 is 5.14. The Morgan fingerprint density at radius 2 is 2.00 bits per heavy atom. The van der Waals surface area contributed by atoms with Crippen LogP contribution in [-0.4, -0.2) is 31.2 Å². The number of anilines is 1. The van der Waals surface area contributed by atoms with Crippen LogP contribution in [-0.2, 0) is 4.74 Å². The summed E-state index contributed by atoms with van der Waals surface area (Å²) in [5.41, 5.74) is 1.56. The van der Waals surface area contributed by atoms with Crippen LogP contribution in [0.4, 0.5) is 5.69 Å². The van der Waals surface area contributed by atoms with Crippen LogP contribution in [0.5, 0.6) is 0 Å². The van der Waals surface area contributed by atoms with Crippen molar-refractivity contribution in [2.75, 3.05) is 25.6 Å². The van der Waals surface area contributed by atoms with Gasteiger partial charge in [-0.15, -0.1) is 0 Å². The van der Waals surface area contributed by atoms with Crippen LogP contribution in [0, 0.1) is 0 Å². The molecule has 1 aromatic rings. The third-order valence-corrected chi connectivity index (χ3v) is 2.61. The van der Waals surface area contributed by atoms with Gasteiger partial charge < -0.3 is 15.4 Å². The molecule has 98 valence electrons. The lowest BCUT2D eigenvalue weighted by atomic mass is 10.1. The van der Waals surface area contributed by atoms with E-state index < -0.39 is 0 Å². The van der Waals surface area contributed by atoms with Gasteiger partial charge in [0, 0.05) is 31.5 Å². The van der Waals surface area contributed by atoms with E-state index in [1.165, 1.54) is 0 Å². The Kier molecular flexibility index (Phi) is 6.32. The number of hydrogen-bond acceptors (Lipinski definition) is 3. The SMILES string of the molecule is COCCCNC(=S)Nc1ccc(C(C)=O)cc1. The minimum Gasteiger partial charge on any atom is -0.385 e. The molecule has 0 aliphatic carbocycles. The highest BCUT2D eigenvalue weighted by Gasteiger charge is 2.00. The van der Waals surface area contributed by atoms with E-state index in [0.29, 0.717) is 17.3 Å². The van der Waals surface area contributed by atoms with E-state index in [4.69, 9.17) is 17.0 Å². The monoisotopic (exact) mass is 266 g/mol. The Labute approximate surface area is 113 Å². The first-order chi connectivity index (χ1) is 8.63. The zero-order valence-electron chi connectivity index (χ0n) is 10.7. The maximum atomic E-state index is 11.1. The van der Waals surface area contributed by atoms with Gasteiger partial charge in [0.25, 0.3) is 0 Å². The van der Waals surface area contributed by atoms with Gasteiger partial charge in [0.15, 0.2) is 10.9 Å². The van der Waals surface area contributed by atoms with Gasteiger partial charge in [-0.1, -0.05) is 0 Å². The second-order valence-corrected chi connectivity index (χ2v) is 4.27. The molecule has 18 heavy (non-hydrogen) atoms. The average molecular weight is 266 g/mol. The van der Waals surface area contributed by atoms with Crippen LogP contribution in [0.3, 0.4) is 0 Å². The van der Waals surface area contributed by atoms with E-state index >= 15 is 0 Å². The summed E-state index contributed by atoms with van der Waals surface area (Å²) in [5, 5.41) is 6.70. The van der Waals surface area contributed by atoms with E-state index in [1.54, 1.807) is 26.2 Å². The number of carbonyl (C=O) groups is 1. The molecule has 0 unspecified atom stereocenters. The summed E-state index contributed by atoms with van der Waals surface area (Å²) in [7, 11) is 1.67. The molecular formula is C13H18N2O2S. The lowest BCUT2D eigenvalue weighted by molar-refractivity contribution is 0.101. The lowest BCUT2D eigenvalue weighted by Crippen LogP contribution is -2.29. The number of nitrogens with one attached hydrogen (secondary N) is 2. The Balaban J connectivity index is 2.37. The molecule has 0 amide bonds. The molecule has 0 bridgehead atoms. The van der Waals surface area contributed by atoms with Crippen LogP contribution in [0.25, 0.3) is 0 Å². The molecule has 2 N–H and O–H groups in total. The minimum atomic E-state index is 0.0572. The molecule has 1 rings (SSSR count). The molecule has 0 aromatic heterocycles. The number of thiocarbonyl (C=S) groups is 1. The maximum absolute atomic E-state index is 11.1. The predicted molar refractivity (Wildman–Crippen MR) is 77.2 cm³/mol. The molecule has 0 spiro atoms. The first kappa shape index (κ1) is 14.6. The molecular weight excluding hydrogens is 248 g/mol. The number of hydrogen-bond donors (Lipinski definition) is 2. The molecule has 0 fully saturated rings. The second kappa shape index (κ2) is 7.79. The Morgan fingerprint density at radius 3 is 2.56 bits per heavy atom. The van der Waals surface area contributed by atoms with Gasteiger partial charge >= 0.3 is 0 Å². The summed E-state index contributed by atoms with van der Waals surface area (Å²) in [5.74, 6) is 0.0572. The molecule has 0 aliphatic rings. The van der Waals surface area contributed by atoms with Crippen molar-refractivity contribution in [1.82, 2.24) is 5.32 Å². The summed E-state index contributed by atoms with van der Waals surface area (Å²) in [6.07, 6.45) is 0.904. The van der Waals surface area contributed by atoms with Crippen LogP contribution in [0.1, 0.15) is 23.7 Å². The summed E-state index contributed by atoms with van der Waals surface area (Å²) in [4.78, 5) is 11.1. The van der Waals surface area contributed by atoms with Gasteiger partial charge in [-0.2, -0.15) is 0 Å². The molecule has 4 nitrogen and oxygen atoms in total. The van der Waals surface area contributed by atoms with Gasteiger partial charge in [0.1, 0.15) is 0 Å². The van der Waals surface area contributed by atoms with E-state index in [9.17, 15) is 4.79 Å². The van der Waals surface area contributed by atoms with Crippen molar-refractivity contribution in [3.05, 3.63) is 29.8 Å². The molecule has 0 heterocycles. The fraction of sp³-hybridized carbons (Fsp3) is 0.385. The van der Waals surface area contributed by atoms with Crippen molar-refractivity contribution in [3.8, 4) is 0 Å². The molecule has 1 aromatic carbocycles. The van der Waals surface area contributed by atoms with E-state index in [1.807, 2.05) is 12.1 Å². The van der Waals surface area contributed by atoms with Gasteiger partial charge in [-0.05, 0) is 49.8 Å². The molecule has 0 atom stereocenters. The number of benzene rings is 1. The zero-order chi connectivity index (χ0) is 13.4. The molecule has 0 aliphatic heterocycles. The number of ether oxygens (including phenoxy) is 1. The third kappa shape index (κ3) is 5.25. The Morgan fingerprint density at radius 1 is 1.33 bits per heavy atom. The molecule has 5 heteroatoms. The van der Waals surface area contributed by atoms with E-state index in [-0.39, 0.29) is 5.78 Å². The Bertz CT molecular complexity index is 404. The van der Waals surface area contributed by atoms with Crippen LogP contribution in [0.2, 0.25) is 0 Å². The fourth-order valence-corrected chi connectivity index (χ4v) is 1.60. The minimum absolute atomic E-state index is 0.0572. The van der Waals surface area contributed by atoms with E-state index in [0.717, 1.165) is 18.7 Å². The van der Waals surface area contributed by atoms with Crippen molar-refractivity contribution >= 4 is 28.8 Å². The smallest absolute Gasteiger partial charge is 0.170 e. The number of Topliss-reactive ketones (excluding diaryl/α,β-unsaturated/α-hetero) is 1. The van der Waals surface area contributed by atoms with Crippen molar-refractivity contribution in [3.63, 3.8) is 0 Å². The number of methoxy groups -OCH3 is 1. The first-order valence-corrected chi connectivity index (χ1v) is 6.19. The summed E-state index contributed by atoms with van der Waals surface area (Å²) < 4.78 is 4.94. The number of carbonyl (C=O) groups excluding carboxylic acids is 1. The Hall–Kier alpha value is -1.46. The largest absolute Gasteiger partial charge is 0.385 e.